The number of hydrogen-bond acceptors (Lipinski definition) is 3. The monoisotopic (exact) mass is 253 g/mol. The van der Waals surface area contributed by atoms with E-state index < -0.39 is 0 Å². The maximum absolute atomic E-state index is 12.0. The van der Waals surface area contributed by atoms with E-state index in [9.17, 15) is 4.79 Å². The molecular weight excluding hydrogens is 226 g/mol. The highest BCUT2D eigenvalue weighted by Crippen LogP contribution is 2.36. The molecule has 104 valence electrons. The third-order valence-corrected chi connectivity index (χ3v) is 5.00. The first-order valence-corrected chi connectivity index (χ1v) is 7.09. The van der Waals surface area contributed by atoms with E-state index in [1.54, 1.807) is 0 Å². The van der Waals surface area contributed by atoms with Crippen LogP contribution < -0.4 is 5.73 Å². The molecule has 2 N–H and O–H groups in total. The van der Waals surface area contributed by atoms with E-state index in [-0.39, 0.29) is 11.4 Å². The number of nitrogens with two attached hydrogens (primary N) is 1. The summed E-state index contributed by atoms with van der Waals surface area (Å²) in [5.74, 6) is -0.115. The number of carbonyl (C=O) groups excluding carboxylic acids is 1. The molecule has 0 aliphatic carbocycles. The summed E-state index contributed by atoms with van der Waals surface area (Å²) < 4.78 is 0. The van der Waals surface area contributed by atoms with Crippen LogP contribution in [0.1, 0.15) is 39.5 Å². The molecule has 2 heterocycles. The molecule has 0 radical (unpaired) electrons. The van der Waals surface area contributed by atoms with Gasteiger partial charge in [-0.15, -0.1) is 0 Å². The van der Waals surface area contributed by atoms with Crippen LogP contribution in [0.25, 0.3) is 0 Å². The van der Waals surface area contributed by atoms with Gasteiger partial charge in [-0.1, -0.05) is 13.8 Å². The van der Waals surface area contributed by atoms with E-state index >= 15 is 0 Å². The quantitative estimate of drug-likeness (QED) is 0.800. The lowest BCUT2D eigenvalue weighted by molar-refractivity contribution is -0.135. The Balaban J connectivity index is 2.09. The van der Waals surface area contributed by atoms with Gasteiger partial charge in [-0.2, -0.15) is 0 Å². The fourth-order valence-electron chi connectivity index (χ4n) is 3.25. The maximum atomic E-state index is 12.0. The number of carbonyl (C=O) groups is 1. The minimum atomic E-state index is -0.372. The summed E-state index contributed by atoms with van der Waals surface area (Å²) in [6, 6.07) is 0. The molecule has 0 aromatic rings. The molecule has 18 heavy (non-hydrogen) atoms. The van der Waals surface area contributed by atoms with Gasteiger partial charge in [0.05, 0.1) is 0 Å². The lowest BCUT2D eigenvalue weighted by atomic mass is 9.78. The average molecular weight is 253 g/mol. The summed E-state index contributed by atoms with van der Waals surface area (Å²) >= 11 is 0. The van der Waals surface area contributed by atoms with Gasteiger partial charge in [-0.05, 0) is 51.2 Å². The number of amides is 1. The number of nitrogens with zero attached hydrogens (tertiary/aromatic N) is 2. The van der Waals surface area contributed by atoms with E-state index in [0.29, 0.717) is 5.41 Å². The van der Waals surface area contributed by atoms with Gasteiger partial charge in [0, 0.05) is 13.1 Å². The van der Waals surface area contributed by atoms with Crippen molar-refractivity contribution in [3.63, 3.8) is 0 Å². The summed E-state index contributed by atoms with van der Waals surface area (Å²) in [5.41, 5.74) is 5.79. The number of likely N-dealkylation sites (tertiary alicyclic amines) is 2. The molecular formula is C14H27N3O. The molecule has 2 saturated heterocycles. The van der Waals surface area contributed by atoms with Crippen molar-refractivity contribution in [3.05, 3.63) is 0 Å². The Morgan fingerprint density at radius 2 is 1.50 bits per heavy atom. The molecule has 0 atom stereocenters. The van der Waals surface area contributed by atoms with Crippen LogP contribution in [0.5, 0.6) is 0 Å². The third kappa shape index (κ3) is 2.54. The number of hydrogen-bond donors (Lipinski definition) is 1. The van der Waals surface area contributed by atoms with E-state index in [1.165, 1.54) is 0 Å². The number of primary amides is 1. The van der Waals surface area contributed by atoms with Gasteiger partial charge in [0.1, 0.15) is 5.54 Å². The average Bonchev–Trinajstić information content (AvgIpc) is 2.30. The second-order valence-electron chi connectivity index (χ2n) is 6.85. The van der Waals surface area contributed by atoms with Crippen LogP contribution in [0.2, 0.25) is 0 Å². The third-order valence-electron chi connectivity index (χ3n) is 5.00. The van der Waals surface area contributed by atoms with Crippen molar-refractivity contribution in [2.24, 2.45) is 11.1 Å². The summed E-state index contributed by atoms with van der Waals surface area (Å²) in [7, 11) is 2.12. The molecule has 2 fully saturated rings. The van der Waals surface area contributed by atoms with Crippen LogP contribution in [-0.2, 0) is 4.79 Å². The van der Waals surface area contributed by atoms with Gasteiger partial charge in [0.15, 0.2) is 0 Å². The van der Waals surface area contributed by atoms with Crippen molar-refractivity contribution in [2.75, 3.05) is 33.2 Å². The topological polar surface area (TPSA) is 49.6 Å². The molecule has 0 aromatic heterocycles. The summed E-state index contributed by atoms with van der Waals surface area (Å²) in [6.45, 7) is 8.61. The first kappa shape index (κ1) is 13.8. The molecule has 2 rings (SSSR count). The molecule has 0 unspecified atom stereocenters. The fourth-order valence-corrected chi connectivity index (χ4v) is 3.25. The zero-order valence-electron chi connectivity index (χ0n) is 12.0. The van der Waals surface area contributed by atoms with Gasteiger partial charge >= 0.3 is 0 Å². The summed E-state index contributed by atoms with van der Waals surface area (Å²) in [4.78, 5) is 16.7. The highest BCUT2D eigenvalue weighted by molar-refractivity contribution is 5.84. The first-order valence-electron chi connectivity index (χ1n) is 7.09. The van der Waals surface area contributed by atoms with Crippen molar-refractivity contribution < 1.29 is 4.79 Å². The lowest BCUT2D eigenvalue weighted by Gasteiger charge is -2.50. The zero-order valence-corrected chi connectivity index (χ0v) is 12.0. The number of piperidine rings is 2. The van der Waals surface area contributed by atoms with Gasteiger partial charge in [-0.25, -0.2) is 0 Å². The fraction of sp³-hybridized carbons (Fsp3) is 0.929. The summed E-state index contributed by atoms with van der Waals surface area (Å²) in [5, 5.41) is 0. The zero-order chi connectivity index (χ0) is 13.4. The molecule has 4 nitrogen and oxygen atoms in total. The Kier molecular flexibility index (Phi) is 3.70. The molecule has 0 saturated carbocycles. The predicted octanol–water partition coefficient (Wildman–Crippen LogP) is 1.06. The standard InChI is InChI=1S/C14H27N3O/c1-13(2)4-10-17(11-5-13)14(12(15)18)6-8-16(3)9-7-14/h4-11H2,1-3H3,(H2,15,18). The first-order chi connectivity index (χ1) is 8.36. The summed E-state index contributed by atoms with van der Waals surface area (Å²) in [6.07, 6.45) is 4.11. The largest absolute Gasteiger partial charge is 0.368 e. The molecule has 2 aliphatic rings. The Labute approximate surface area is 110 Å². The predicted molar refractivity (Wildman–Crippen MR) is 73.2 cm³/mol. The van der Waals surface area contributed by atoms with Crippen LogP contribution in [0.3, 0.4) is 0 Å². The highest BCUT2D eigenvalue weighted by Gasteiger charge is 2.46. The van der Waals surface area contributed by atoms with Crippen LogP contribution >= 0.6 is 0 Å². The van der Waals surface area contributed by atoms with E-state index in [1.807, 2.05) is 0 Å². The van der Waals surface area contributed by atoms with Crippen molar-refractivity contribution in [2.45, 2.75) is 45.1 Å². The van der Waals surface area contributed by atoms with Crippen molar-refractivity contribution in [1.29, 1.82) is 0 Å². The highest BCUT2D eigenvalue weighted by atomic mass is 16.1. The Morgan fingerprint density at radius 3 is 1.94 bits per heavy atom. The second-order valence-corrected chi connectivity index (χ2v) is 6.85. The van der Waals surface area contributed by atoms with Gasteiger partial charge in [0.2, 0.25) is 5.91 Å². The molecule has 1 amide bonds. The lowest BCUT2D eigenvalue weighted by Crippen LogP contribution is -2.63. The van der Waals surface area contributed by atoms with E-state index in [2.05, 4.69) is 30.7 Å². The SMILES string of the molecule is CN1CCC(C(N)=O)(N2CCC(C)(C)CC2)CC1. The Bertz CT molecular complexity index is 309. The van der Waals surface area contributed by atoms with Gasteiger partial charge in [-0.3, -0.25) is 9.69 Å². The molecule has 0 spiro atoms. The second kappa shape index (κ2) is 4.82. The van der Waals surface area contributed by atoms with E-state index in [0.717, 1.165) is 51.9 Å². The molecule has 0 bridgehead atoms. The molecule has 2 aliphatic heterocycles. The van der Waals surface area contributed by atoms with Gasteiger partial charge in [0.25, 0.3) is 0 Å². The van der Waals surface area contributed by atoms with Crippen molar-refractivity contribution >= 4 is 5.91 Å². The van der Waals surface area contributed by atoms with Crippen LogP contribution in [0.4, 0.5) is 0 Å². The van der Waals surface area contributed by atoms with E-state index in [4.69, 9.17) is 5.73 Å². The van der Waals surface area contributed by atoms with Crippen LogP contribution in [0.15, 0.2) is 0 Å². The maximum Gasteiger partial charge on any atom is 0.238 e. The smallest absolute Gasteiger partial charge is 0.238 e. The van der Waals surface area contributed by atoms with Crippen molar-refractivity contribution in [1.82, 2.24) is 9.80 Å². The minimum absolute atomic E-state index is 0.115. The van der Waals surface area contributed by atoms with Crippen LogP contribution in [-0.4, -0.2) is 54.5 Å². The normalized spacial score (nSPS) is 29.1. The van der Waals surface area contributed by atoms with Gasteiger partial charge < -0.3 is 10.6 Å². The molecule has 4 heteroatoms. The molecule has 0 aromatic carbocycles. The van der Waals surface area contributed by atoms with Crippen molar-refractivity contribution in [3.8, 4) is 0 Å². The van der Waals surface area contributed by atoms with Crippen LogP contribution in [0, 0.1) is 5.41 Å². The Hall–Kier alpha value is -0.610. The Morgan fingerprint density at radius 1 is 1.00 bits per heavy atom. The number of rotatable bonds is 2. The minimum Gasteiger partial charge on any atom is -0.368 e.